The standard InChI is InChI=1S/C20H23ClN4O2/c1-2-27-19-9-8-14(21)12-15(19)20-17(24-11-5-10-22-24)13-25(23-20)16-6-3-4-7-18(16)26/h5,8-13,16,18,26H,2-4,6-7H2,1H3/t16-,18-/m1/s1. The monoisotopic (exact) mass is 386 g/mol. The van der Waals surface area contributed by atoms with Crippen molar-refractivity contribution in [2.75, 3.05) is 6.61 Å². The average Bonchev–Trinajstić information content (AvgIpc) is 3.33. The molecule has 4 rings (SSSR count). The van der Waals surface area contributed by atoms with Gasteiger partial charge in [0.25, 0.3) is 0 Å². The molecule has 1 saturated carbocycles. The first-order valence-electron chi connectivity index (χ1n) is 9.37. The van der Waals surface area contributed by atoms with E-state index in [9.17, 15) is 5.11 Å². The maximum Gasteiger partial charge on any atom is 0.128 e. The van der Waals surface area contributed by atoms with Crippen LogP contribution in [0.25, 0.3) is 16.9 Å². The van der Waals surface area contributed by atoms with Crippen LogP contribution in [0.4, 0.5) is 0 Å². The fourth-order valence-corrected chi connectivity index (χ4v) is 3.86. The topological polar surface area (TPSA) is 65.1 Å². The lowest BCUT2D eigenvalue weighted by Gasteiger charge is -2.27. The van der Waals surface area contributed by atoms with Crippen LogP contribution in [0.5, 0.6) is 5.75 Å². The number of ether oxygens (including phenoxy) is 1. The third-order valence-electron chi connectivity index (χ3n) is 4.99. The van der Waals surface area contributed by atoms with Crippen molar-refractivity contribution in [2.24, 2.45) is 0 Å². The summed E-state index contributed by atoms with van der Waals surface area (Å²) in [6.07, 6.45) is 9.05. The van der Waals surface area contributed by atoms with Gasteiger partial charge in [0.05, 0.1) is 24.9 Å². The van der Waals surface area contributed by atoms with E-state index < -0.39 is 0 Å². The highest BCUT2D eigenvalue weighted by molar-refractivity contribution is 6.31. The van der Waals surface area contributed by atoms with Crippen LogP contribution in [0, 0.1) is 0 Å². The summed E-state index contributed by atoms with van der Waals surface area (Å²) < 4.78 is 9.47. The highest BCUT2D eigenvalue weighted by Crippen LogP contribution is 2.37. The predicted octanol–water partition coefficient (Wildman–Crippen LogP) is 4.26. The van der Waals surface area contributed by atoms with E-state index in [2.05, 4.69) is 5.10 Å². The molecule has 0 spiro atoms. The number of hydrogen-bond acceptors (Lipinski definition) is 4. The first-order valence-corrected chi connectivity index (χ1v) is 9.75. The largest absolute Gasteiger partial charge is 0.493 e. The zero-order valence-corrected chi connectivity index (χ0v) is 16.0. The maximum absolute atomic E-state index is 10.5. The molecule has 1 fully saturated rings. The van der Waals surface area contributed by atoms with E-state index in [1.807, 2.05) is 48.3 Å². The number of benzene rings is 1. The zero-order valence-electron chi connectivity index (χ0n) is 15.3. The molecule has 1 aliphatic carbocycles. The lowest BCUT2D eigenvalue weighted by atomic mass is 9.93. The molecule has 2 aromatic heterocycles. The van der Waals surface area contributed by atoms with Crippen LogP contribution in [0.2, 0.25) is 5.02 Å². The van der Waals surface area contributed by atoms with Gasteiger partial charge >= 0.3 is 0 Å². The number of aliphatic hydroxyl groups excluding tert-OH is 1. The zero-order chi connectivity index (χ0) is 18.8. The molecule has 142 valence electrons. The highest BCUT2D eigenvalue weighted by Gasteiger charge is 2.28. The van der Waals surface area contributed by atoms with Gasteiger partial charge in [0, 0.05) is 23.0 Å². The number of hydrogen-bond donors (Lipinski definition) is 1. The Morgan fingerprint density at radius 1 is 1.30 bits per heavy atom. The molecule has 0 bridgehead atoms. The Kier molecular flexibility index (Phi) is 5.18. The van der Waals surface area contributed by atoms with E-state index in [4.69, 9.17) is 21.4 Å². The molecule has 1 aliphatic rings. The Morgan fingerprint density at radius 2 is 2.15 bits per heavy atom. The number of aliphatic hydroxyl groups is 1. The summed E-state index contributed by atoms with van der Waals surface area (Å²) in [7, 11) is 0. The van der Waals surface area contributed by atoms with Gasteiger partial charge in [0.2, 0.25) is 0 Å². The molecule has 27 heavy (non-hydrogen) atoms. The molecule has 0 unspecified atom stereocenters. The Hall–Kier alpha value is -2.31. The van der Waals surface area contributed by atoms with Crippen molar-refractivity contribution in [2.45, 2.75) is 44.8 Å². The second kappa shape index (κ2) is 7.74. The molecule has 0 amide bonds. The van der Waals surface area contributed by atoms with Gasteiger partial charge in [0.1, 0.15) is 17.1 Å². The van der Waals surface area contributed by atoms with E-state index in [0.717, 1.165) is 48.4 Å². The second-order valence-corrected chi connectivity index (χ2v) is 7.22. The molecular weight excluding hydrogens is 364 g/mol. The Balaban J connectivity index is 1.86. The molecule has 0 radical (unpaired) electrons. The van der Waals surface area contributed by atoms with Gasteiger partial charge in [-0.2, -0.15) is 10.2 Å². The summed E-state index contributed by atoms with van der Waals surface area (Å²) in [4.78, 5) is 0. The minimum atomic E-state index is -0.386. The molecule has 1 N–H and O–H groups in total. The summed E-state index contributed by atoms with van der Waals surface area (Å²) >= 11 is 6.27. The van der Waals surface area contributed by atoms with Crippen molar-refractivity contribution < 1.29 is 9.84 Å². The van der Waals surface area contributed by atoms with E-state index >= 15 is 0 Å². The van der Waals surface area contributed by atoms with Gasteiger partial charge in [-0.05, 0) is 44.0 Å². The van der Waals surface area contributed by atoms with Crippen molar-refractivity contribution >= 4 is 11.6 Å². The summed E-state index contributed by atoms with van der Waals surface area (Å²) in [5, 5.41) is 20.3. The van der Waals surface area contributed by atoms with Crippen LogP contribution in [0.3, 0.4) is 0 Å². The molecule has 6 nitrogen and oxygen atoms in total. The summed E-state index contributed by atoms with van der Waals surface area (Å²) in [5.41, 5.74) is 2.39. The summed E-state index contributed by atoms with van der Waals surface area (Å²) in [6, 6.07) is 7.38. The van der Waals surface area contributed by atoms with Crippen molar-refractivity contribution in [3.8, 4) is 22.7 Å². The maximum atomic E-state index is 10.5. The quantitative estimate of drug-likeness (QED) is 0.711. The highest BCUT2D eigenvalue weighted by atomic mass is 35.5. The van der Waals surface area contributed by atoms with Crippen LogP contribution < -0.4 is 4.74 Å². The van der Waals surface area contributed by atoms with Crippen LogP contribution >= 0.6 is 11.6 Å². The first-order chi connectivity index (χ1) is 13.2. The van der Waals surface area contributed by atoms with Crippen LogP contribution in [0.1, 0.15) is 38.6 Å². The van der Waals surface area contributed by atoms with Gasteiger partial charge in [-0.15, -0.1) is 0 Å². The van der Waals surface area contributed by atoms with Crippen LogP contribution in [-0.2, 0) is 0 Å². The first kappa shape index (κ1) is 18.1. The summed E-state index contributed by atoms with van der Waals surface area (Å²) in [5.74, 6) is 0.727. The van der Waals surface area contributed by atoms with Gasteiger partial charge in [0.15, 0.2) is 0 Å². The minimum Gasteiger partial charge on any atom is -0.493 e. The van der Waals surface area contributed by atoms with E-state index in [0.29, 0.717) is 11.6 Å². The van der Waals surface area contributed by atoms with Gasteiger partial charge in [-0.3, -0.25) is 4.68 Å². The smallest absolute Gasteiger partial charge is 0.128 e. The Labute approximate surface area is 163 Å². The van der Waals surface area contributed by atoms with Gasteiger partial charge in [-0.25, -0.2) is 4.68 Å². The Morgan fingerprint density at radius 3 is 2.89 bits per heavy atom. The lowest BCUT2D eigenvalue weighted by Crippen LogP contribution is -2.27. The van der Waals surface area contributed by atoms with Gasteiger partial charge in [-0.1, -0.05) is 24.4 Å². The molecule has 2 heterocycles. The van der Waals surface area contributed by atoms with Crippen LogP contribution in [0.15, 0.2) is 42.9 Å². The Bertz CT molecular complexity index is 907. The normalized spacial score (nSPS) is 20.0. The molecule has 0 aliphatic heterocycles. The second-order valence-electron chi connectivity index (χ2n) is 6.79. The third kappa shape index (κ3) is 3.59. The molecule has 0 saturated heterocycles. The molecule has 7 heteroatoms. The number of aromatic nitrogens is 4. The third-order valence-corrected chi connectivity index (χ3v) is 5.23. The molecule has 2 atom stereocenters. The number of nitrogens with zero attached hydrogens (tertiary/aromatic N) is 4. The van der Waals surface area contributed by atoms with Crippen molar-refractivity contribution in [3.63, 3.8) is 0 Å². The van der Waals surface area contributed by atoms with Gasteiger partial charge < -0.3 is 9.84 Å². The average molecular weight is 387 g/mol. The summed E-state index contributed by atoms with van der Waals surface area (Å²) in [6.45, 7) is 2.50. The predicted molar refractivity (Wildman–Crippen MR) is 104 cm³/mol. The van der Waals surface area contributed by atoms with Crippen molar-refractivity contribution in [3.05, 3.63) is 47.9 Å². The van der Waals surface area contributed by atoms with E-state index in [-0.39, 0.29) is 12.1 Å². The fraction of sp³-hybridized carbons (Fsp3) is 0.400. The molecule has 1 aromatic carbocycles. The molecular formula is C20H23ClN4O2. The lowest BCUT2D eigenvalue weighted by molar-refractivity contribution is 0.0695. The van der Waals surface area contributed by atoms with Crippen molar-refractivity contribution in [1.29, 1.82) is 0 Å². The minimum absolute atomic E-state index is 0.0310. The fourth-order valence-electron chi connectivity index (χ4n) is 3.69. The van der Waals surface area contributed by atoms with Crippen LogP contribution in [-0.4, -0.2) is 37.4 Å². The van der Waals surface area contributed by atoms with Crippen molar-refractivity contribution in [1.82, 2.24) is 19.6 Å². The number of halogens is 1. The number of rotatable bonds is 5. The SMILES string of the molecule is CCOc1ccc(Cl)cc1-c1nn([C@@H]2CCCC[C@H]2O)cc1-n1cccn1. The molecule has 3 aromatic rings. The van der Waals surface area contributed by atoms with E-state index in [1.165, 1.54) is 0 Å². The van der Waals surface area contributed by atoms with E-state index in [1.54, 1.807) is 10.9 Å².